The first kappa shape index (κ1) is 14.5. The molecule has 21 heavy (non-hydrogen) atoms. The van der Waals surface area contributed by atoms with Gasteiger partial charge in [-0.1, -0.05) is 17.7 Å². The third kappa shape index (κ3) is 3.83. The first-order valence-corrected chi connectivity index (χ1v) is 7.65. The number of carbonyl (C=O) groups is 1. The maximum Gasteiger partial charge on any atom is 0.246 e. The van der Waals surface area contributed by atoms with E-state index in [-0.39, 0.29) is 10.9 Å². The number of nitrogens with one attached hydrogen (secondary N) is 1. The molecule has 0 saturated heterocycles. The van der Waals surface area contributed by atoms with Crippen LogP contribution in [0.15, 0.2) is 29.8 Å². The Kier molecular flexibility index (Phi) is 4.27. The second kappa shape index (κ2) is 6.16. The van der Waals surface area contributed by atoms with Gasteiger partial charge in [-0.05, 0) is 42.5 Å². The molecule has 0 spiro atoms. The van der Waals surface area contributed by atoms with Gasteiger partial charge in [0.15, 0.2) is 0 Å². The fourth-order valence-electron chi connectivity index (χ4n) is 2.44. The van der Waals surface area contributed by atoms with Gasteiger partial charge in [0, 0.05) is 31.8 Å². The number of halogens is 2. The van der Waals surface area contributed by atoms with Crippen molar-refractivity contribution >= 4 is 17.5 Å². The Hall–Kier alpha value is -1.39. The lowest BCUT2D eigenvalue weighted by atomic mass is 10.1. The highest BCUT2D eigenvalue weighted by molar-refractivity contribution is 6.30. The van der Waals surface area contributed by atoms with Gasteiger partial charge in [0.25, 0.3) is 0 Å². The summed E-state index contributed by atoms with van der Waals surface area (Å²) in [5.74, 6) is -0.409. The highest BCUT2D eigenvalue weighted by Crippen LogP contribution is 2.21. The fourth-order valence-corrected chi connectivity index (χ4v) is 2.65. The highest BCUT2D eigenvalue weighted by atomic mass is 35.5. The van der Waals surface area contributed by atoms with Crippen LogP contribution in [0.3, 0.4) is 0 Å². The first-order valence-electron chi connectivity index (χ1n) is 7.27. The molecule has 1 N–H and O–H groups in total. The monoisotopic (exact) mass is 308 g/mol. The second-order valence-electron chi connectivity index (χ2n) is 5.72. The minimum absolute atomic E-state index is 0.0225. The van der Waals surface area contributed by atoms with Gasteiger partial charge < -0.3 is 10.2 Å². The average Bonchev–Trinajstić information content (AvgIpc) is 3.27. The van der Waals surface area contributed by atoms with Crippen molar-refractivity contribution in [2.45, 2.75) is 31.8 Å². The Labute approximate surface area is 128 Å². The quantitative estimate of drug-likeness (QED) is 0.907. The van der Waals surface area contributed by atoms with Crippen LogP contribution in [0.5, 0.6) is 0 Å². The molecule has 0 aromatic heterocycles. The molecule has 1 aromatic rings. The molecule has 1 amide bonds. The van der Waals surface area contributed by atoms with Crippen LogP contribution in [0.2, 0.25) is 5.02 Å². The Bertz CT molecular complexity index is 584. The summed E-state index contributed by atoms with van der Waals surface area (Å²) >= 11 is 5.77. The number of hydrogen-bond acceptors (Lipinski definition) is 2. The predicted octanol–water partition coefficient (Wildman–Crippen LogP) is 2.89. The molecular weight excluding hydrogens is 291 g/mol. The zero-order valence-electron chi connectivity index (χ0n) is 11.7. The molecule has 0 atom stereocenters. The third-order valence-corrected chi connectivity index (χ3v) is 4.18. The highest BCUT2D eigenvalue weighted by Gasteiger charge is 2.23. The van der Waals surface area contributed by atoms with E-state index in [1.807, 2.05) is 0 Å². The molecule has 3 nitrogen and oxygen atoms in total. The van der Waals surface area contributed by atoms with E-state index in [1.165, 1.54) is 24.5 Å². The molecule has 1 heterocycles. The first-order chi connectivity index (χ1) is 10.1. The molecule has 112 valence electrons. The summed E-state index contributed by atoms with van der Waals surface area (Å²) in [6.45, 7) is 1.98. The Morgan fingerprint density at radius 2 is 2.19 bits per heavy atom. The molecule has 3 rings (SSSR count). The molecule has 2 aliphatic rings. The largest absolute Gasteiger partial charge is 0.335 e. The van der Waals surface area contributed by atoms with Crippen LogP contribution in [-0.2, 0) is 11.3 Å². The summed E-state index contributed by atoms with van der Waals surface area (Å²) in [5, 5.41) is 3.53. The van der Waals surface area contributed by atoms with Crippen molar-refractivity contribution in [1.29, 1.82) is 0 Å². The van der Waals surface area contributed by atoms with E-state index >= 15 is 0 Å². The lowest BCUT2D eigenvalue weighted by Crippen LogP contribution is -2.35. The molecule has 0 radical (unpaired) electrons. The average molecular weight is 309 g/mol. The van der Waals surface area contributed by atoms with Crippen LogP contribution in [0.1, 0.15) is 24.8 Å². The van der Waals surface area contributed by atoms with E-state index in [1.54, 1.807) is 23.1 Å². The molecule has 1 aromatic carbocycles. The number of rotatable bonds is 5. The van der Waals surface area contributed by atoms with Crippen molar-refractivity contribution in [3.8, 4) is 0 Å². The van der Waals surface area contributed by atoms with Gasteiger partial charge in [0.1, 0.15) is 5.82 Å². The topological polar surface area (TPSA) is 32.3 Å². The molecule has 1 fully saturated rings. The predicted molar refractivity (Wildman–Crippen MR) is 80.6 cm³/mol. The van der Waals surface area contributed by atoms with Gasteiger partial charge in [0.05, 0.1) is 5.02 Å². The minimum Gasteiger partial charge on any atom is -0.335 e. The van der Waals surface area contributed by atoms with Crippen molar-refractivity contribution in [2.75, 3.05) is 13.1 Å². The van der Waals surface area contributed by atoms with Crippen molar-refractivity contribution < 1.29 is 9.18 Å². The van der Waals surface area contributed by atoms with E-state index in [0.29, 0.717) is 19.1 Å². The van der Waals surface area contributed by atoms with E-state index in [9.17, 15) is 9.18 Å². The van der Waals surface area contributed by atoms with Crippen LogP contribution >= 0.6 is 11.6 Å². The number of nitrogens with zero attached hydrogens (tertiary/aromatic N) is 1. The van der Waals surface area contributed by atoms with Crippen molar-refractivity contribution in [1.82, 2.24) is 10.2 Å². The van der Waals surface area contributed by atoms with Gasteiger partial charge in [-0.3, -0.25) is 4.79 Å². The standard InChI is InChI=1S/C16H18ClFN2O/c17-14-7-12(1-4-15(14)18)10-20-6-5-11(8-16(20)21)9-19-13-2-3-13/h1,4,7-8,13,19H,2-3,5-6,9-10H2. The molecule has 1 aliphatic carbocycles. The summed E-state index contributed by atoms with van der Waals surface area (Å²) in [4.78, 5) is 13.9. The maximum atomic E-state index is 13.1. The van der Waals surface area contributed by atoms with Crippen LogP contribution in [0.4, 0.5) is 4.39 Å². The van der Waals surface area contributed by atoms with Gasteiger partial charge in [-0.2, -0.15) is 0 Å². The molecule has 1 aliphatic heterocycles. The van der Waals surface area contributed by atoms with E-state index in [4.69, 9.17) is 11.6 Å². The number of benzene rings is 1. The summed E-state index contributed by atoms with van der Waals surface area (Å²) in [5.41, 5.74) is 2.02. The molecule has 0 unspecified atom stereocenters. The van der Waals surface area contributed by atoms with E-state index in [2.05, 4.69) is 5.32 Å². The maximum absolute atomic E-state index is 13.1. The minimum atomic E-state index is -0.432. The zero-order valence-corrected chi connectivity index (χ0v) is 12.5. The second-order valence-corrected chi connectivity index (χ2v) is 6.12. The van der Waals surface area contributed by atoms with E-state index < -0.39 is 5.82 Å². The smallest absolute Gasteiger partial charge is 0.246 e. The van der Waals surface area contributed by atoms with Crippen LogP contribution in [0, 0.1) is 5.82 Å². The van der Waals surface area contributed by atoms with Crippen LogP contribution in [-0.4, -0.2) is 29.9 Å². The zero-order chi connectivity index (χ0) is 14.8. The molecular formula is C16H18ClFN2O. The van der Waals surface area contributed by atoms with Gasteiger partial charge >= 0.3 is 0 Å². The summed E-state index contributed by atoms with van der Waals surface area (Å²) in [6.07, 6.45) is 5.11. The van der Waals surface area contributed by atoms with Crippen molar-refractivity contribution in [3.63, 3.8) is 0 Å². The Morgan fingerprint density at radius 1 is 1.38 bits per heavy atom. The summed E-state index contributed by atoms with van der Waals surface area (Å²) < 4.78 is 13.1. The third-order valence-electron chi connectivity index (χ3n) is 3.89. The molecule has 0 bridgehead atoms. The van der Waals surface area contributed by atoms with Crippen molar-refractivity contribution in [2.24, 2.45) is 0 Å². The fraction of sp³-hybridized carbons (Fsp3) is 0.438. The normalized spacial score (nSPS) is 18.9. The Balaban J connectivity index is 1.59. The SMILES string of the molecule is O=C1C=C(CNC2CC2)CCN1Cc1ccc(F)c(Cl)c1. The van der Waals surface area contributed by atoms with Crippen LogP contribution < -0.4 is 5.32 Å². The Morgan fingerprint density at radius 3 is 2.86 bits per heavy atom. The molecule has 1 saturated carbocycles. The van der Waals surface area contributed by atoms with Crippen molar-refractivity contribution in [3.05, 3.63) is 46.3 Å². The summed E-state index contributed by atoms with van der Waals surface area (Å²) in [7, 11) is 0. The number of carbonyl (C=O) groups excluding carboxylic acids is 1. The molecule has 5 heteroatoms. The number of amides is 1. The summed E-state index contributed by atoms with van der Waals surface area (Å²) in [6, 6.07) is 5.24. The number of hydrogen-bond donors (Lipinski definition) is 1. The van der Waals surface area contributed by atoms with Gasteiger partial charge in [-0.15, -0.1) is 0 Å². The van der Waals surface area contributed by atoms with Gasteiger partial charge in [0.2, 0.25) is 5.91 Å². The van der Waals surface area contributed by atoms with Crippen LogP contribution in [0.25, 0.3) is 0 Å². The van der Waals surface area contributed by atoms with E-state index in [0.717, 1.165) is 18.5 Å². The lowest BCUT2D eigenvalue weighted by molar-refractivity contribution is -0.127. The van der Waals surface area contributed by atoms with Gasteiger partial charge in [-0.25, -0.2) is 4.39 Å². The lowest BCUT2D eigenvalue weighted by Gasteiger charge is -2.26.